The molecule has 0 saturated heterocycles. The Morgan fingerprint density at radius 3 is 2.80 bits per heavy atom. The van der Waals surface area contributed by atoms with Gasteiger partial charge in [0.15, 0.2) is 0 Å². The predicted octanol–water partition coefficient (Wildman–Crippen LogP) is 1.72. The van der Waals surface area contributed by atoms with Gasteiger partial charge in [0.05, 0.1) is 19.5 Å². The molecule has 4 heteroatoms. The maximum atomic E-state index is 5.96. The van der Waals surface area contributed by atoms with E-state index in [9.17, 15) is 0 Å². The van der Waals surface area contributed by atoms with Crippen molar-refractivity contribution in [1.82, 2.24) is 0 Å². The van der Waals surface area contributed by atoms with Crippen molar-refractivity contribution in [3.05, 3.63) is 24.2 Å². The molecular weight excluding hydrogens is 194 g/mol. The summed E-state index contributed by atoms with van der Waals surface area (Å²) in [5.74, 6) is 0.778. The molecule has 1 rings (SSSR count). The molecule has 0 amide bonds. The topological polar surface area (TPSA) is 57.6 Å². The van der Waals surface area contributed by atoms with Crippen molar-refractivity contribution in [2.45, 2.75) is 25.5 Å². The third-order valence-electron chi connectivity index (χ3n) is 2.27. The van der Waals surface area contributed by atoms with Crippen molar-refractivity contribution < 1.29 is 13.9 Å². The second kappa shape index (κ2) is 6.61. The highest BCUT2D eigenvalue weighted by molar-refractivity contribution is 5.04. The van der Waals surface area contributed by atoms with Crippen molar-refractivity contribution in [2.75, 3.05) is 20.3 Å². The third kappa shape index (κ3) is 3.66. The summed E-state index contributed by atoms with van der Waals surface area (Å²) < 4.78 is 15.9. The zero-order valence-corrected chi connectivity index (χ0v) is 9.31. The third-order valence-corrected chi connectivity index (χ3v) is 2.27. The molecule has 2 atom stereocenters. The summed E-state index contributed by atoms with van der Waals surface area (Å²) in [4.78, 5) is 0. The lowest BCUT2D eigenvalue weighted by atomic mass is 10.1. The van der Waals surface area contributed by atoms with Crippen LogP contribution in [0.25, 0.3) is 0 Å². The lowest BCUT2D eigenvalue weighted by Crippen LogP contribution is -2.30. The summed E-state index contributed by atoms with van der Waals surface area (Å²) >= 11 is 0. The molecule has 4 nitrogen and oxygen atoms in total. The van der Waals surface area contributed by atoms with Gasteiger partial charge < -0.3 is 19.6 Å². The van der Waals surface area contributed by atoms with Gasteiger partial charge in [-0.05, 0) is 18.6 Å². The molecule has 0 radical (unpaired) electrons. The van der Waals surface area contributed by atoms with E-state index in [1.165, 1.54) is 0 Å². The number of hydrogen-bond acceptors (Lipinski definition) is 4. The lowest BCUT2D eigenvalue weighted by Gasteiger charge is -2.21. The molecule has 15 heavy (non-hydrogen) atoms. The Balaban J connectivity index is 2.54. The van der Waals surface area contributed by atoms with Crippen LogP contribution >= 0.6 is 0 Å². The van der Waals surface area contributed by atoms with E-state index in [-0.39, 0.29) is 12.1 Å². The first-order valence-corrected chi connectivity index (χ1v) is 5.19. The van der Waals surface area contributed by atoms with Crippen LogP contribution in [0.5, 0.6) is 0 Å². The maximum Gasteiger partial charge on any atom is 0.134 e. The van der Waals surface area contributed by atoms with Gasteiger partial charge in [-0.3, -0.25) is 0 Å². The minimum absolute atomic E-state index is 0.0481. The first-order chi connectivity index (χ1) is 7.29. The fourth-order valence-electron chi connectivity index (χ4n) is 1.34. The largest absolute Gasteiger partial charge is 0.467 e. The Morgan fingerprint density at radius 2 is 2.27 bits per heavy atom. The van der Waals surface area contributed by atoms with Crippen LogP contribution in [0, 0.1) is 0 Å². The van der Waals surface area contributed by atoms with Crippen LogP contribution in [0.1, 0.15) is 25.2 Å². The van der Waals surface area contributed by atoms with Gasteiger partial charge in [-0.15, -0.1) is 0 Å². The SMILES string of the molecule is CCC(N)C(OCCOC)c1ccco1. The van der Waals surface area contributed by atoms with Crippen molar-refractivity contribution in [3.8, 4) is 0 Å². The summed E-state index contributed by atoms with van der Waals surface area (Å²) in [5.41, 5.74) is 5.96. The van der Waals surface area contributed by atoms with Crippen LogP contribution in [0.3, 0.4) is 0 Å². The first-order valence-electron chi connectivity index (χ1n) is 5.19. The summed E-state index contributed by atoms with van der Waals surface area (Å²) in [6, 6.07) is 3.67. The highest BCUT2D eigenvalue weighted by Crippen LogP contribution is 2.22. The second-order valence-electron chi connectivity index (χ2n) is 3.37. The fourth-order valence-corrected chi connectivity index (χ4v) is 1.34. The molecule has 1 aromatic rings. The summed E-state index contributed by atoms with van der Waals surface area (Å²) in [6.45, 7) is 3.11. The Kier molecular flexibility index (Phi) is 5.39. The summed E-state index contributed by atoms with van der Waals surface area (Å²) in [5, 5.41) is 0. The minimum atomic E-state index is -0.180. The van der Waals surface area contributed by atoms with Gasteiger partial charge in [0.2, 0.25) is 0 Å². The van der Waals surface area contributed by atoms with Gasteiger partial charge in [0, 0.05) is 13.2 Å². The van der Waals surface area contributed by atoms with Gasteiger partial charge in [0.25, 0.3) is 0 Å². The number of furan rings is 1. The Morgan fingerprint density at radius 1 is 1.47 bits per heavy atom. The van der Waals surface area contributed by atoms with E-state index in [4.69, 9.17) is 19.6 Å². The van der Waals surface area contributed by atoms with Crippen LogP contribution in [-0.4, -0.2) is 26.4 Å². The van der Waals surface area contributed by atoms with E-state index in [1.807, 2.05) is 19.1 Å². The van der Waals surface area contributed by atoms with Crippen molar-refractivity contribution in [1.29, 1.82) is 0 Å². The van der Waals surface area contributed by atoms with Crippen LogP contribution in [0.15, 0.2) is 22.8 Å². The van der Waals surface area contributed by atoms with Crippen LogP contribution in [0.2, 0.25) is 0 Å². The molecule has 2 N–H and O–H groups in total. The van der Waals surface area contributed by atoms with E-state index in [0.717, 1.165) is 12.2 Å². The van der Waals surface area contributed by atoms with Crippen LogP contribution < -0.4 is 5.73 Å². The molecule has 0 spiro atoms. The van der Waals surface area contributed by atoms with E-state index in [2.05, 4.69) is 0 Å². The lowest BCUT2D eigenvalue weighted by molar-refractivity contribution is -0.00786. The quantitative estimate of drug-likeness (QED) is 0.701. The van der Waals surface area contributed by atoms with Gasteiger partial charge in [-0.25, -0.2) is 0 Å². The molecule has 0 saturated carbocycles. The number of rotatable bonds is 7. The standard InChI is InChI=1S/C11H19NO3/c1-3-9(12)11(15-8-7-13-2)10-5-4-6-14-10/h4-6,9,11H,3,7-8,12H2,1-2H3. The molecule has 0 bridgehead atoms. The van der Waals surface area contributed by atoms with Crippen molar-refractivity contribution >= 4 is 0 Å². The molecule has 2 unspecified atom stereocenters. The van der Waals surface area contributed by atoms with Crippen LogP contribution in [0.4, 0.5) is 0 Å². The molecule has 1 aromatic heterocycles. The minimum Gasteiger partial charge on any atom is -0.467 e. The Hall–Kier alpha value is -0.840. The highest BCUT2D eigenvalue weighted by Gasteiger charge is 2.21. The predicted molar refractivity (Wildman–Crippen MR) is 57.5 cm³/mol. The first kappa shape index (κ1) is 12.2. The Labute approximate surface area is 90.3 Å². The molecular formula is C11H19NO3. The molecule has 0 aromatic carbocycles. The zero-order chi connectivity index (χ0) is 11.1. The molecule has 86 valence electrons. The molecule has 0 aliphatic rings. The molecule has 1 heterocycles. The fraction of sp³-hybridized carbons (Fsp3) is 0.636. The van der Waals surface area contributed by atoms with Gasteiger partial charge in [0.1, 0.15) is 11.9 Å². The second-order valence-corrected chi connectivity index (χ2v) is 3.37. The van der Waals surface area contributed by atoms with E-state index < -0.39 is 0 Å². The van der Waals surface area contributed by atoms with Crippen molar-refractivity contribution in [3.63, 3.8) is 0 Å². The van der Waals surface area contributed by atoms with Crippen molar-refractivity contribution in [2.24, 2.45) is 5.73 Å². The average Bonchev–Trinajstić information content (AvgIpc) is 2.77. The summed E-state index contributed by atoms with van der Waals surface area (Å²) in [6.07, 6.45) is 2.29. The normalized spacial score (nSPS) is 15.1. The van der Waals surface area contributed by atoms with E-state index in [1.54, 1.807) is 13.4 Å². The van der Waals surface area contributed by atoms with Gasteiger partial charge >= 0.3 is 0 Å². The summed E-state index contributed by atoms with van der Waals surface area (Å²) in [7, 11) is 1.64. The number of hydrogen-bond donors (Lipinski definition) is 1. The monoisotopic (exact) mass is 213 g/mol. The van der Waals surface area contributed by atoms with E-state index in [0.29, 0.717) is 13.2 Å². The highest BCUT2D eigenvalue weighted by atomic mass is 16.5. The number of nitrogens with two attached hydrogens (primary N) is 1. The van der Waals surface area contributed by atoms with Gasteiger partial charge in [-0.2, -0.15) is 0 Å². The van der Waals surface area contributed by atoms with E-state index >= 15 is 0 Å². The maximum absolute atomic E-state index is 5.96. The molecule has 0 fully saturated rings. The number of methoxy groups -OCH3 is 1. The zero-order valence-electron chi connectivity index (χ0n) is 9.31. The van der Waals surface area contributed by atoms with Crippen LogP contribution in [-0.2, 0) is 9.47 Å². The Bertz CT molecular complexity index is 248. The number of ether oxygens (including phenoxy) is 2. The molecule has 0 aliphatic heterocycles. The molecule has 0 aliphatic carbocycles. The van der Waals surface area contributed by atoms with Gasteiger partial charge in [-0.1, -0.05) is 6.92 Å². The smallest absolute Gasteiger partial charge is 0.134 e. The average molecular weight is 213 g/mol.